The van der Waals surface area contributed by atoms with Crippen LogP contribution in [0.1, 0.15) is 23.7 Å². The topological polar surface area (TPSA) is 79.0 Å². The number of halogens is 3. The van der Waals surface area contributed by atoms with Gasteiger partial charge in [-0.25, -0.2) is 14.3 Å². The van der Waals surface area contributed by atoms with E-state index in [9.17, 15) is 14.0 Å². The third kappa shape index (κ3) is 2.96. The lowest BCUT2D eigenvalue weighted by molar-refractivity contribution is -0.123. The van der Waals surface area contributed by atoms with Crippen LogP contribution in [0.4, 0.5) is 16.0 Å². The van der Waals surface area contributed by atoms with Crippen LogP contribution < -0.4 is 4.90 Å². The third-order valence-electron chi connectivity index (χ3n) is 5.06. The molecule has 1 aliphatic heterocycles. The molecule has 30 heavy (non-hydrogen) atoms. The number of aromatic nitrogens is 2. The number of nitrogens with zero attached hydrogens (tertiary/aromatic N) is 4. The molecule has 2 aromatic carbocycles. The molecule has 0 fully saturated rings. The molecule has 2 heterocycles. The Morgan fingerprint density at radius 3 is 2.40 bits per heavy atom. The molecule has 0 saturated carbocycles. The minimum atomic E-state index is -1.22. The Bertz CT molecular complexity index is 1210. The molecule has 149 valence electrons. The zero-order chi connectivity index (χ0) is 21.6. The van der Waals surface area contributed by atoms with Crippen molar-refractivity contribution in [2.45, 2.75) is 18.9 Å². The second-order valence-corrected chi connectivity index (χ2v) is 7.82. The minimum Gasteiger partial charge on any atom is -0.291 e. The van der Waals surface area contributed by atoms with E-state index in [1.807, 2.05) is 12.4 Å². The number of anilines is 2. The van der Waals surface area contributed by atoms with Crippen LogP contribution in [0, 0.1) is 17.1 Å². The Labute approximate surface area is 181 Å². The van der Waals surface area contributed by atoms with Gasteiger partial charge in [-0.05, 0) is 36.8 Å². The molecule has 3 aromatic rings. The molecule has 0 spiro atoms. The first-order valence-corrected chi connectivity index (χ1v) is 9.50. The summed E-state index contributed by atoms with van der Waals surface area (Å²) in [5.41, 5.74) is 0.364. The average molecular weight is 442 g/mol. The predicted molar refractivity (Wildman–Crippen MR) is 109 cm³/mol. The summed E-state index contributed by atoms with van der Waals surface area (Å²) in [5, 5.41) is 8.50. The van der Waals surface area contributed by atoms with Gasteiger partial charge in [0, 0.05) is 6.42 Å². The highest BCUT2D eigenvalue weighted by atomic mass is 35.5. The Kier molecular flexibility index (Phi) is 4.85. The lowest BCUT2D eigenvalue weighted by atomic mass is 9.91. The van der Waals surface area contributed by atoms with Crippen molar-refractivity contribution in [3.8, 4) is 6.07 Å². The molecule has 0 aliphatic carbocycles. The largest absolute Gasteiger partial charge is 0.291 e. The summed E-state index contributed by atoms with van der Waals surface area (Å²) in [7, 11) is 0. The standard InChI is InChI=1S/C21H12Cl2FN4O2/c1-21(8-12-2-4-13(9-25)5-3-12)19(30)27(20-26-10-15(11-29)28(20)21)14-6-16(22)18(24)17(23)7-14/h2-7,10H,8H2,1H3/t21-/m1/s1. The van der Waals surface area contributed by atoms with Crippen molar-refractivity contribution in [3.63, 3.8) is 0 Å². The first-order chi connectivity index (χ1) is 14.3. The van der Waals surface area contributed by atoms with Crippen LogP contribution in [0.5, 0.6) is 0 Å². The van der Waals surface area contributed by atoms with Crippen LogP contribution in [0.3, 0.4) is 0 Å². The van der Waals surface area contributed by atoms with Crippen molar-refractivity contribution in [2.75, 3.05) is 4.90 Å². The Hall–Kier alpha value is -3.21. The van der Waals surface area contributed by atoms with Crippen LogP contribution in [0.2, 0.25) is 10.0 Å². The Balaban J connectivity index is 1.85. The molecule has 0 saturated heterocycles. The first-order valence-electron chi connectivity index (χ1n) is 8.74. The summed E-state index contributed by atoms with van der Waals surface area (Å²) in [4.78, 5) is 30.5. The highest BCUT2D eigenvalue weighted by molar-refractivity contribution is 6.35. The summed E-state index contributed by atoms with van der Waals surface area (Å²) in [5.74, 6) is -1.02. The molecule has 4 rings (SSSR count). The number of hydrogen-bond donors (Lipinski definition) is 0. The molecule has 0 unspecified atom stereocenters. The van der Waals surface area contributed by atoms with Crippen molar-refractivity contribution in [1.82, 2.24) is 9.55 Å². The van der Waals surface area contributed by atoms with Gasteiger partial charge in [0.25, 0.3) is 12.2 Å². The maximum Gasteiger partial charge on any atom is 0.260 e. The Morgan fingerprint density at radius 1 is 1.20 bits per heavy atom. The van der Waals surface area contributed by atoms with Crippen LogP contribution in [-0.4, -0.2) is 21.7 Å². The number of rotatable bonds is 4. The second-order valence-electron chi connectivity index (χ2n) is 7.00. The summed E-state index contributed by atoms with van der Waals surface area (Å²) >= 11 is 11.8. The van der Waals surface area contributed by atoms with E-state index in [0.717, 1.165) is 5.56 Å². The van der Waals surface area contributed by atoms with Crippen LogP contribution >= 0.6 is 23.2 Å². The van der Waals surface area contributed by atoms with Crippen LogP contribution in [0.25, 0.3) is 0 Å². The van der Waals surface area contributed by atoms with Crippen molar-refractivity contribution in [1.29, 1.82) is 5.26 Å². The number of imidazole rings is 1. The quantitative estimate of drug-likeness (QED) is 0.565. The summed E-state index contributed by atoms with van der Waals surface area (Å²) in [6.45, 7) is 1.67. The zero-order valence-corrected chi connectivity index (χ0v) is 17.0. The average Bonchev–Trinajstić information content (AvgIpc) is 3.24. The second kappa shape index (κ2) is 7.24. The fraction of sp³-hybridized carbons (Fsp3) is 0.143. The molecule has 0 bridgehead atoms. The van der Waals surface area contributed by atoms with E-state index >= 15 is 0 Å². The van der Waals surface area contributed by atoms with Gasteiger partial charge < -0.3 is 0 Å². The minimum absolute atomic E-state index is 0.0938. The van der Waals surface area contributed by atoms with Gasteiger partial charge in [0.15, 0.2) is 5.82 Å². The van der Waals surface area contributed by atoms with Gasteiger partial charge in [-0.1, -0.05) is 35.3 Å². The maximum atomic E-state index is 13.9. The number of benzene rings is 2. The van der Waals surface area contributed by atoms with Gasteiger partial charge in [0.2, 0.25) is 5.95 Å². The number of carbonyl (C=O) groups is 1. The van der Waals surface area contributed by atoms with E-state index in [1.165, 1.54) is 27.8 Å². The summed E-state index contributed by atoms with van der Waals surface area (Å²) < 4.78 is 15.4. The van der Waals surface area contributed by atoms with Gasteiger partial charge in [-0.15, -0.1) is 0 Å². The smallest absolute Gasteiger partial charge is 0.260 e. The number of amides is 1. The van der Waals surface area contributed by atoms with Gasteiger partial charge in [0.05, 0.1) is 33.6 Å². The van der Waals surface area contributed by atoms with Gasteiger partial charge in [-0.3, -0.25) is 14.2 Å². The molecule has 0 N–H and O–H groups in total. The van der Waals surface area contributed by atoms with Gasteiger partial charge in [-0.2, -0.15) is 5.26 Å². The van der Waals surface area contributed by atoms with Gasteiger partial charge in [0.1, 0.15) is 11.2 Å². The molecule has 1 aliphatic rings. The predicted octanol–water partition coefficient (Wildman–Crippen LogP) is 4.29. The van der Waals surface area contributed by atoms with E-state index in [2.05, 4.69) is 4.98 Å². The van der Waals surface area contributed by atoms with Crippen molar-refractivity contribution < 1.29 is 14.0 Å². The highest BCUT2D eigenvalue weighted by Gasteiger charge is 2.50. The number of nitriles is 1. The molecule has 6 nitrogen and oxygen atoms in total. The first kappa shape index (κ1) is 20.1. The monoisotopic (exact) mass is 441 g/mol. The molecular weight excluding hydrogens is 430 g/mol. The summed E-state index contributed by atoms with van der Waals surface area (Å²) in [6.07, 6.45) is 3.34. The SMILES string of the molecule is C[C@@]1(Cc2ccc(C#N)cc2)C(=O)N(c2cc(Cl)c(F)c(Cl)c2)c2ncc([C]=O)n21. The molecule has 1 atom stereocenters. The molecule has 1 amide bonds. The van der Waals surface area contributed by atoms with Crippen molar-refractivity contribution in [3.05, 3.63) is 75.3 Å². The lowest BCUT2D eigenvalue weighted by Gasteiger charge is -2.26. The highest BCUT2D eigenvalue weighted by Crippen LogP contribution is 2.43. The van der Waals surface area contributed by atoms with E-state index < -0.39 is 17.3 Å². The molecule has 1 aromatic heterocycles. The number of fused-ring (bicyclic) bond motifs is 1. The normalized spacial score (nSPS) is 17.7. The number of carbonyl (C=O) groups excluding carboxylic acids is 2. The van der Waals surface area contributed by atoms with Crippen molar-refractivity contribution >= 4 is 47.0 Å². The lowest BCUT2D eigenvalue weighted by Crippen LogP contribution is -2.41. The summed E-state index contributed by atoms with van der Waals surface area (Å²) in [6, 6.07) is 11.4. The third-order valence-corrected chi connectivity index (χ3v) is 5.61. The van der Waals surface area contributed by atoms with Crippen LogP contribution in [-0.2, 0) is 21.5 Å². The van der Waals surface area contributed by atoms with E-state index in [0.29, 0.717) is 5.56 Å². The van der Waals surface area contributed by atoms with E-state index in [-0.39, 0.29) is 33.8 Å². The number of hydrogen-bond acceptors (Lipinski definition) is 4. The maximum absolute atomic E-state index is 13.9. The van der Waals surface area contributed by atoms with Gasteiger partial charge >= 0.3 is 0 Å². The zero-order valence-electron chi connectivity index (χ0n) is 15.5. The van der Waals surface area contributed by atoms with Crippen molar-refractivity contribution in [2.24, 2.45) is 0 Å². The molecule has 1 radical (unpaired) electrons. The van der Waals surface area contributed by atoms with Crippen LogP contribution in [0.15, 0.2) is 42.6 Å². The fourth-order valence-electron chi connectivity index (χ4n) is 3.64. The molecule has 9 heteroatoms. The molecular formula is C21H12Cl2FN4O2. The fourth-order valence-corrected chi connectivity index (χ4v) is 4.11. The van der Waals surface area contributed by atoms with E-state index in [1.54, 1.807) is 31.2 Å². The Morgan fingerprint density at radius 2 is 1.83 bits per heavy atom. The van der Waals surface area contributed by atoms with E-state index in [4.69, 9.17) is 28.5 Å².